The van der Waals surface area contributed by atoms with Gasteiger partial charge in [0.15, 0.2) is 0 Å². The Hall–Kier alpha value is -0.860. The van der Waals surface area contributed by atoms with Gasteiger partial charge in [-0.2, -0.15) is 0 Å². The fourth-order valence-electron chi connectivity index (χ4n) is 1.99. The molecule has 1 aromatic rings. The van der Waals surface area contributed by atoms with Crippen molar-refractivity contribution in [1.29, 1.82) is 0 Å². The van der Waals surface area contributed by atoms with Crippen molar-refractivity contribution in [2.45, 2.75) is 32.7 Å². The minimum Gasteiger partial charge on any atom is -0.385 e. The molecule has 0 spiro atoms. The van der Waals surface area contributed by atoms with E-state index in [1.165, 1.54) is 12.0 Å². The lowest BCUT2D eigenvalue weighted by Crippen LogP contribution is -2.24. The Morgan fingerprint density at radius 1 is 1.18 bits per heavy atom. The molecule has 0 amide bonds. The molecule has 0 saturated heterocycles. The van der Waals surface area contributed by atoms with Gasteiger partial charge in [-0.3, -0.25) is 0 Å². The Bertz CT molecular complexity index is 284. The van der Waals surface area contributed by atoms with E-state index in [1.54, 1.807) is 7.11 Å². The molecule has 2 nitrogen and oxygen atoms in total. The quantitative estimate of drug-likeness (QED) is 0.697. The second-order valence-corrected chi connectivity index (χ2v) is 4.89. The molecule has 0 fully saturated rings. The first-order valence-corrected chi connectivity index (χ1v) is 6.51. The zero-order chi connectivity index (χ0) is 12.5. The highest BCUT2D eigenvalue weighted by Crippen LogP contribution is 2.20. The number of hydrogen-bond acceptors (Lipinski definition) is 2. The van der Waals surface area contributed by atoms with Gasteiger partial charge in [-0.15, -0.1) is 0 Å². The van der Waals surface area contributed by atoms with Gasteiger partial charge in [-0.05, 0) is 30.9 Å². The van der Waals surface area contributed by atoms with Crippen LogP contribution in [0.15, 0.2) is 30.3 Å². The highest BCUT2D eigenvalue weighted by molar-refractivity contribution is 5.18. The van der Waals surface area contributed by atoms with E-state index in [2.05, 4.69) is 49.5 Å². The van der Waals surface area contributed by atoms with E-state index >= 15 is 0 Å². The molecule has 0 saturated carbocycles. The molecule has 1 atom stereocenters. The third-order valence-corrected chi connectivity index (χ3v) is 2.83. The van der Waals surface area contributed by atoms with E-state index in [0.717, 1.165) is 19.6 Å². The van der Waals surface area contributed by atoms with E-state index in [0.29, 0.717) is 12.0 Å². The minimum atomic E-state index is 0.466. The van der Waals surface area contributed by atoms with Crippen LogP contribution in [0.25, 0.3) is 0 Å². The molecular weight excluding hydrogens is 210 g/mol. The Morgan fingerprint density at radius 3 is 2.47 bits per heavy atom. The maximum atomic E-state index is 5.07. The topological polar surface area (TPSA) is 21.3 Å². The molecule has 1 unspecified atom stereocenters. The molecule has 1 N–H and O–H groups in total. The van der Waals surface area contributed by atoms with Crippen LogP contribution in [0.1, 0.15) is 38.3 Å². The fraction of sp³-hybridized carbons (Fsp3) is 0.600. The highest BCUT2D eigenvalue weighted by Gasteiger charge is 2.11. The molecule has 17 heavy (non-hydrogen) atoms. The van der Waals surface area contributed by atoms with Crippen LogP contribution >= 0.6 is 0 Å². The first kappa shape index (κ1) is 14.2. The first-order chi connectivity index (χ1) is 8.24. The van der Waals surface area contributed by atoms with Crippen LogP contribution in [0.5, 0.6) is 0 Å². The third kappa shape index (κ3) is 5.85. The van der Waals surface area contributed by atoms with Crippen molar-refractivity contribution in [1.82, 2.24) is 5.32 Å². The molecular formula is C15H25NO. The molecule has 0 heterocycles. The lowest BCUT2D eigenvalue weighted by molar-refractivity contribution is 0.192. The lowest BCUT2D eigenvalue weighted by Gasteiger charge is -2.21. The number of nitrogens with one attached hydrogen (secondary N) is 1. The average Bonchev–Trinajstić information content (AvgIpc) is 2.34. The van der Waals surface area contributed by atoms with E-state index in [-0.39, 0.29) is 0 Å². The Morgan fingerprint density at radius 2 is 1.88 bits per heavy atom. The van der Waals surface area contributed by atoms with Crippen LogP contribution in [0, 0.1) is 5.92 Å². The van der Waals surface area contributed by atoms with Crippen LogP contribution in [-0.2, 0) is 4.74 Å². The van der Waals surface area contributed by atoms with Crippen molar-refractivity contribution in [2.75, 3.05) is 20.3 Å². The summed E-state index contributed by atoms with van der Waals surface area (Å²) in [6.07, 6.45) is 2.24. The maximum absolute atomic E-state index is 5.07. The van der Waals surface area contributed by atoms with Crippen molar-refractivity contribution in [3.63, 3.8) is 0 Å². The predicted octanol–water partition coefficient (Wildman–Crippen LogP) is 3.40. The van der Waals surface area contributed by atoms with Crippen molar-refractivity contribution in [3.8, 4) is 0 Å². The summed E-state index contributed by atoms with van der Waals surface area (Å²) < 4.78 is 5.07. The number of rotatable bonds is 8. The van der Waals surface area contributed by atoms with Crippen LogP contribution in [0.2, 0.25) is 0 Å². The molecule has 0 aromatic heterocycles. The number of methoxy groups -OCH3 is 1. The van der Waals surface area contributed by atoms with Gasteiger partial charge in [0.1, 0.15) is 0 Å². The van der Waals surface area contributed by atoms with Crippen molar-refractivity contribution >= 4 is 0 Å². The van der Waals surface area contributed by atoms with E-state index in [1.807, 2.05) is 0 Å². The maximum Gasteiger partial charge on any atom is 0.0474 e. The second kappa shape index (κ2) is 8.26. The molecule has 0 bridgehead atoms. The standard InChI is InChI=1S/C15H25NO/c1-13(2)12-15(16-10-7-11-17-3)14-8-5-4-6-9-14/h4-6,8-9,13,15-16H,7,10-12H2,1-3H3. The molecule has 0 aliphatic carbocycles. The third-order valence-electron chi connectivity index (χ3n) is 2.83. The first-order valence-electron chi connectivity index (χ1n) is 6.51. The molecule has 1 rings (SSSR count). The zero-order valence-corrected chi connectivity index (χ0v) is 11.3. The van der Waals surface area contributed by atoms with E-state index in [9.17, 15) is 0 Å². The summed E-state index contributed by atoms with van der Waals surface area (Å²) in [6, 6.07) is 11.2. The van der Waals surface area contributed by atoms with Crippen molar-refractivity contribution in [3.05, 3.63) is 35.9 Å². The Labute approximate surface area is 105 Å². The minimum absolute atomic E-state index is 0.466. The summed E-state index contributed by atoms with van der Waals surface area (Å²) in [5.74, 6) is 0.704. The van der Waals surface area contributed by atoms with Crippen LogP contribution in [-0.4, -0.2) is 20.3 Å². The Kier molecular flexibility index (Phi) is 6.90. The summed E-state index contributed by atoms with van der Waals surface area (Å²) in [5, 5.41) is 3.62. The van der Waals surface area contributed by atoms with E-state index < -0.39 is 0 Å². The smallest absolute Gasteiger partial charge is 0.0474 e. The summed E-state index contributed by atoms with van der Waals surface area (Å²) in [5.41, 5.74) is 1.39. The average molecular weight is 235 g/mol. The van der Waals surface area contributed by atoms with Gasteiger partial charge in [-0.1, -0.05) is 44.2 Å². The monoisotopic (exact) mass is 235 g/mol. The SMILES string of the molecule is COCCCNC(CC(C)C)c1ccccc1. The molecule has 1 aromatic carbocycles. The molecule has 0 aliphatic heterocycles. The summed E-state index contributed by atoms with van der Waals surface area (Å²) in [7, 11) is 1.75. The molecule has 0 radical (unpaired) electrons. The predicted molar refractivity (Wildman–Crippen MR) is 73.1 cm³/mol. The largest absolute Gasteiger partial charge is 0.385 e. The zero-order valence-electron chi connectivity index (χ0n) is 11.3. The van der Waals surface area contributed by atoms with Crippen LogP contribution in [0.4, 0.5) is 0 Å². The van der Waals surface area contributed by atoms with E-state index in [4.69, 9.17) is 4.74 Å². The Balaban J connectivity index is 2.49. The van der Waals surface area contributed by atoms with Crippen molar-refractivity contribution < 1.29 is 4.74 Å². The van der Waals surface area contributed by atoms with Gasteiger partial charge in [0, 0.05) is 19.8 Å². The summed E-state index contributed by atoms with van der Waals surface area (Å²) in [4.78, 5) is 0. The van der Waals surface area contributed by atoms with Crippen LogP contribution in [0.3, 0.4) is 0 Å². The lowest BCUT2D eigenvalue weighted by atomic mass is 9.97. The normalized spacial score (nSPS) is 12.9. The number of benzene rings is 1. The fourth-order valence-corrected chi connectivity index (χ4v) is 1.99. The van der Waals surface area contributed by atoms with Gasteiger partial charge < -0.3 is 10.1 Å². The second-order valence-electron chi connectivity index (χ2n) is 4.89. The van der Waals surface area contributed by atoms with Gasteiger partial charge in [0.2, 0.25) is 0 Å². The molecule has 96 valence electrons. The van der Waals surface area contributed by atoms with Crippen LogP contribution < -0.4 is 5.32 Å². The highest BCUT2D eigenvalue weighted by atomic mass is 16.5. The van der Waals surface area contributed by atoms with Gasteiger partial charge >= 0.3 is 0 Å². The van der Waals surface area contributed by atoms with Gasteiger partial charge in [0.25, 0.3) is 0 Å². The molecule has 0 aliphatic rings. The number of hydrogen-bond donors (Lipinski definition) is 1. The number of ether oxygens (including phenoxy) is 1. The summed E-state index contributed by atoms with van der Waals surface area (Å²) in [6.45, 7) is 6.38. The van der Waals surface area contributed by atoms with Gasteiger partial charge in [-0.25, -0.2) is 0 Å². The summed E-state index contributed by atoms with van der Waals surface area (Å²) >= 11 is 0. The van der Waals surface area contributed by atoms with Gasteiger partial charge in [0.05, 0.1) is 0 Å². The molecule has 2 heteroatoms. The van der Waals surface area contributed by atoms with Crippen molar-refractivity contribution in [2.24, 2.45) is 5.92 Å².